The van der Waals surface area contributed by atoms with Gasteiger partial charge in [0.05, 0.1) is 24.9 Å². The summed E-state index contributed by atoms with van der Waals surface area (Å²) in [6.07, 6.45) is 0. The molecule has 0 atom stereocenters. The molecule has 0 fully saturated rings. The Bertz CT molecular complexity index is 723. The Balaban J connectivity index is 2.39. The summed E-state index contributed by atoms with van der Waals surface area (Å²) in [4.78, 5) is 25.6. The van der Waals surface area contributed by atoms with E-state index in [1.807, 2.05) is 0 Å². The zero-order chi connectivity index (χ0) is 15.4. The van der Waals surface area contributed by atoms with Crippen molar-refractivity contribution in [1.29, 1.82) is 0 Å². The lowest BCUT2D eigenvalue weighted by molar-refractivity contribution is -0.145. The van der Waals surface area contributed by atoms with E-state index in [0.29, 0.717) is 22.4 Å². The minimum absolute atomic E-state index is 0.116. The topological polar surface area (TPSA) is 104 Å². The maximum Gasteiger partial charge on any atom is 0.344 e. The number of fused-ring (bicyclic) bond motifs is 1. The number of ether oxygens (including phenoxy) is 3. The van der Waals surface area contributed by atoms with Gasteiger partial charge in [0.15, 0.2) is 18.1 Å². The molecular weight excluding hydrogens is 276 g/mol. The quantitative estimate of drug-likeness (QED) is 0.799. The molecule has 1 aromatic heterocycles. The third kappa shape index (κ3) is 3.07. The van der Waals surface area contributed by atoms with Crippen molar-refractivity contribution in [1.82, 2.24) is 4.98 Å². The molecule has 21 heavy (non-hydrogen) atoms. The second kappa shape index (κ2) is 6.17. The van der Waals surface area contributed by atoms with Gasteiger partial charge in [0, 0.05) is 5.39 Å². The number of hydrogen-bond acceptors (Lipinski definition) is 6. The SMILES string of the molecule is CCOC(=O)COc1ccc2cc(N)c(=O)[nH]c2c1OC. The van der Waals surface area contributed by atoms with Crippen LogP contribution in [0.5, 0.6) is 11.5 Å². The number of aromatic nitrogens is 1. The lowest BCUT2D eigenvalue weighted by Gasteiger charge is -2.12. The summed E-state index contributed by atoms with van der Waals surface area (Å²) in [5, 5.41) is 0.701. The summed E-state index contributed by atoms with van der Waals surface area (Å²) in [7, 11) is 1.45. The number of pyridine rings is 1. The summed E-state index contributed by atoms with van der Waals surface area (Å²) in [6.45, 7) is 1.75. The number of hydrogen-bond donors (Lipinski definition) is 2. The smallest absolute Gasteiger partial charge is 0.344 e. The molecule has 0 unspecified atom stereocenters. The van der Waals surface area contributed by atoms with Gasteiger partial charge >= 0.3 is 5.97 Å². The van der Waals surface area contributed by atoms with Crippen molar-refractivity contribution in [3.8, 4) is 11.5 Å². The largest absolute Gasteiger partial charge is 0.491 e. The van der Waals surface area contributed by atoms with Gasteiger partial charge in [0.2, 0.25) is 0 Å². The molecule has 7 nitrogen and oxygen atoms in total. The molecule has 0 bridgehead atoms. The van der Waals surface area contributed by atoms with Crippen LogP contribution in [0.4, 0.5) is 5.69 Å². The van der Waals surface area contributed by atoms with E-state index in [2.05, 4.69) is 4.98 Å². The normalized spacial score (nSPS) is 10.4. The first kappa shape index (κ1) is 14.7. The number of carbonyl (C=O) groups excluding carboxylic acids is 1. The Kier molecular flexibility index (Phi) is 4.32. The van der Waals surface area contributed by atoms with E-state index < -0.39 is 11.5 Å². The number of esters is 1. The van der Waals surface area contributed by atoms with Gasteiger partial charge in [-0.15, -0.1) is 0 Å². The highest BCUT2D eigenvalue weighted by atomic mass is 16.6. The van der Waals surface area contributed by atoms with Gasteiger partial charge in [-0.2, -0.15) is 0 Å². The number of nitrogen functional groups attached to an aromatic ring is 1. The Morgan fingerprint density at radius 1 is 1.38 bits per heavy atom. The van der Waals surface area contributed by atoms with Gasteiger partial charge in [-0.05, 0) is 25.1 Å². The molecule has 7 heteroatoms. The summed E-state index contributed by atoms with van der Waals surface area (Å²) in [6, 6.07) is 4.90. The molecule has 0 radical (unpaired) electrons. The molecule has 0 aliphatic carbocycles. The van der Waals surface area contributed by atoms with Crippen LogP contribution in [0.25, 0.3) is 10.9 Å². The van der Waals surface area contributed by atoms with Gasteiger partial charge in [-0.1, -0.05) is 0 Å². The fourth-order valence-corrected chi connectivity index (χ4v) is 1.90. The zero-order valence-electron chi connectivity index (χ0n) is 11.8. The van der Waals surface area contributed by atoms with Gasteiger partial charge in [0.1, 0.15) is 0 Å². The van der Waals surface area contributed by atoms with Crippen LogP contribution in [0, 0.1) is 0 Å². The Labute approximate surface area is 120 Å². The highest BCUT2D eigenvalue weighted by Gasteiger charge is 2.13. The van der Waals surface area contributed by atoms with Crippen molar-refractivity contribution in [3.63, 3.8) is 0 Å². The lowest BCUT2D eigenvalue weighted by atomic mass is 10.2. The van der Waals surface area contributed by atoms with Crippen LogP contribution in [0.15, 0.2) is 23.0 Å². The maximum atomic E-state index is 11.6. The molecule has 0 spiro atoms. The molecule has 1 heterocycles. The van der Waals surface area contributed by atoms with Crippen LogP contribution >= 0.6 is 0 Å². The number of anilines is 1. The summed E-state index contributed by atoms with van der Waals surface area (Å²) < 4.78 is 15.4. The van der Waals surface area contributed by atoms with Crippen molar-refractivity contribution >= 4 is 22.6 Å². The Hall–Kier alpha value is -2.70. The molecule has 112 valence electrons. The lowest BCUT2D eigenvalue weighted by Crippen LogP contribution is -2.15. The number of benzene rings is 1. The number of rotatable bonds is 5. The molecule has 0 aliphatic rings. The van der Waals surface area contributed by atoms with Gasteiger partial charge < -0.3 is 24.9 Å². The predicted octanol–water partition coefficient (Wildman–Crippen LogP) is 1.06. The van der Waals surface area contributed by atoms with Crippen LogP contribution in [-0.4, -0.2) is 31.3 Å². The van der Waals surface area contributed by atoms with E-state index in [1.54, 1.807) is 25.1 Å². The minimum Gasteiger partial charge on any atom is -0.491 e. The first-order valence-corrected chi connectivity index (χ1v) is 6.34. The standard InChI is InChI=1S/C14H16N2O5/c1-3-20-11(17)7-21-10-5-4-8-6-9(15)14(18)16-12(8)13(10)19-2/h4-6H,3,7,15H2,1-2H3,(H,16,18). The van der Waals surface area contributed by atoms with E-state index >= 15 is 0 Å². The highest BCUT2D eigenvalue weighted by Crippen LogP contribution is 2.34. The molecular formula is C14H16N2O5. The van der Waals surface area contributed by atoms with Crippen molar-refractivity contribution in [2.24, 2.45) is 0 Å². The fraction of sp³-hybridized carbons (Fsp3) is 0.286. The molecule has 3 N–H and O–H groups in total. The first-order valence-electron chi connectivity index (χ1n) is 6.34. The van der Waals surface area contributed by atoms with E-state index in [4.69, 9.17) is 19.9 Å². The summed E-state index contributed by atoms with van der Waals surface area (Å²) in [5.74, 6) is 0.179. The van der Waals surface area contributed by atoms with E-state index in [-0.39, 0.29) is 18.9 Å². The van der Waals surface area contributed by atoms with Crippen molar-refractivity contribution in [2.75, 3.05) is 26.1 Å². The maximum absolute atomic E-state index is 11.6. The van der Waals surface area contributed by atoms with E-state index in [1.165, 1.54) is 7.11 Å². The monoisotopic (exact) mass is 292 g/mol. The van der Waals surface area contributed by atoms with Crippen LogP contribution in [0.1, 0.15) is 6.92 Å². The van der Waals surface area contributed by atoms with Gasteiger partial charge in [-0.3, -0.25) is 4.79 Å². The fourth-order valence-electron chi connectivity index (χ4n) is 1.90. The molecule has 0 saturated carbocycles. The second-order valence-electron chi connectivity index (χ2n) is 4.21. The predicted molar refractivity (Wildman–Crippen MR) is 77.7 cm³/mol. The van der Waals surface area contributed by atoms with E-state index in [9.17, 15) is 9.59 Å². The van der Waals surface area contributed by atoms with Crippen LogP contribution in [0.3, 0.4) is 0 Å². The zero-order valence-corrected chi connectivity index (χ0v) is 11.8. The summed E-state index contributed by atoms with van der Waals surface area (Å²) >= 11 is 0. The first-order chi connectivity index (χ1) is 10.1. The molecule has 2 aromatic rings. The molecule has 0 amide bonds. The third-order valence-corrected chi connectivity index (χ3v) is 2.82. The Morgan fingerprint density at radius 3 is 2.81 bits per heavy atom. The molecule has 1 aromatic carbocycles. The third-order valence-electron chi connectivity index (χ3n) is 2.82. The van der Waals surface area contributed by atoms with E-state index in [0.717, 1.165) is 0 Å². The number of nitrogens with two attached hydrogens (primary N) is 1. The van der Waals surface area contributed by atoms with Crippen LogP contribution in [-0.2, 0) is 9.53 Å². The van der Waals surface area contributed by atoms with Crippen molar-refractivity contribution in [2.45, 2.75) is 6.92 Å². The Morgan fingerprint density at radius 2 is 2.14 bits per heavy atom. The van der Waals surface area contributed by atoms with Gasteiger partial charge in [-0.25, -0.2) is 4.79 Å². The second-order valence-corrected chi connectivity index (χ2v) is 4.21. The minimum atomic E-state index is -0.481. The number of H-pyrrole nitrogens is 1. The van der Waals surface area contributed by atoms with Gasteiger partial charge in [0.25, 0.3) is 5.56 Å². The van der Waals surface area contributed by atoms with Crippen molar-refractivity contribution in [3.05, 3.63) is 28.6 Å². The number of carbonyl (C=O) groups is 1. The summed E-state index contributed by atoms with van der Waals surface area (Å²) in [5.41, 5.74) is 5.73. The van der Waals surface area contributed by atoms with Crippen LogP contribution < -0.4 is 20.8 Å². The van der Waals surface area contributed by atoms with Crippen molar-refractivity contribution < 1.29 is 19.0 Å². The average Bonchev–Trinajstić information content (AvgIpc) is 2.46. The molecule has 0 saturated heterocycles. The number of methoxy groups -OCH3 is 1. The molecule has 0 aliphatic heterocycles. The average molecular weight is 292 g/mol. The van der Waals surface area contributed by atoms with Crippen LogP contribution in [0.2, 0.25) is 0 Å². The molecule has 2 rings (SSSR count). The number of aromatic amines is 1. The highest BCUT2D eigenvalue weighted by molar-refractivity contribution is 5.89. The number of nitrogens with one attached hydrogen (secondary N) is 1.